The highest BCUT2D eigenvalue weighted by molar-refractivity contribution is 6.05. The van der Waals surface area contributed by atoms with Crippen molar-refractivity contribution in [2.75, 3.05) is 37.0 Å². The van der Waals surface area contributed by atoms with Crippen LogP contribution in [0.4, 0.5) is 11.4 Å². The Kier molecular flexibility index (Phi) is 5.93. The number of likely N-dealkylation sites (tertiary alicyclic amines) is 1. The van der Waals surface area contributed by atoms with E-state index in [2.05, 4.69) is 5.32 Å². The number of anilines is 2. The lowest BCUT2D eigenvalue weighted by Crippen LogP contribution is -2.30. The van der Waals surface area contributed by atoms with Crippen LogP contribution >= 0.6 is 0 Å². The first-order valence-electron chi connectivity index (χ1n) is 10.6. The minimum atomic E-state index is -0.477. The average molecular weight is 421 g/mol. The van der Waals surface area contributed by atoms with Crippen LogP contribution in [0.2, 0.25) is 0 Å². The number of nitrogens with one attached hydrogen (secondary N) is 1. The van der Waals surface area contributed by atoms with Crippen LogP contribution in [-0.4, -0.2) is 49.4 Å². The van der Waals surface area contributed by atoms with E-state index in [1.807, 2.05) is 30.0 Å². The molecule has 0 spiro atoms. The number of rotatable bonds is 5. The normalized spacial score (nSPS) is 18.4. The quantitative estimate of drug-likeness (QED) is 0.804. The zero-order chi connectivity index (χ0) is 22.0. The van der Waals surface area contributed by atoms with Gasteiger partial charge in [-0.05, 0) is 49.6 Å². The first kappa shape index (κ1) is 20.9. The molecule has 2 aromatic carbocycles. The van der Waals surface area contributed by atoms with E-state index in [9.17, 15) is 14.4 Å². The van der Waals surface area contributed by atoms with Crippen molar-refractivity contribution in [3.63, 3.8) is 0 Å². The van der Waals surface area contributed by atoms with Gasteiger partial charge in [-0.3, -0.25) is 14.4 Å². The second kappa shape index (κ2) is 8.79. The van der Waals surface area contributed by atoms with Gasteiger partial charge in [-0.2, -0.15) is 0 Å². The Morgan fingerprint density at radius 3 is 2.55 bits per heavy atom. The SMILES string of the molecule is COc1ccccc1N1CC(C(=O)Nc2cccc(C(=O)N3CCCC3)c2C)CC1=O. The molecule has 2 aliphatic rings. The highest BCUT2D eigenvalue weighted by atomic mass is 16.5. The minimum absolute atomic E-state index is 0.00416. The molecule has 0 radical (unpaired) electrons. The number of benzene rings is 2. The van der Waals surface area contributed by atoms with Crippen molar-refractivity contribution in [2.45, 2.75) is 26.2 Å². The molecule has 2 aliphatic heterocycles. The molecule has 1 atom stereocenters. The molecule has 2 heterocycles. The molecule has 2 saturated heterocycles. The lowest BCUT2D eigenvalue weighted by Gasteiger charge is -2.20. The monoisotopic (exact) mass is 421 g/mol. The second-order valence-corrected chi connectivity index (χ2v) is 8.04. The van der Waals surface area contributed by atoms with Crippen LogP contribution in [0.5, 0.6) is 5.75 Å². The zero-order valence-electron chi connectivity index (χ0n) is 17.9. The van der Waals surface area contributed by atoms with Gasteiger partial charge in [0.25, 0.3) is 5.91 Å². The van der Waals surface area contributed by atoms with E-state index >= 15 is 0 Å². The summed E-state index contributed by atoms with van der Waals surface area (Å²) in [5.74, 6) is -0.209. The van der Waals surface area contributed by atoms with Crippen LogP contribution in [0, 0.1) is 12.8 Å². The fraction of sp³-hybridized carbons (Fsp3) is 0.375. The predicted octanol–water partition coefficient (Wildman–Crippen LogP) is 3.23. The third-order valence-electron chi connectivity index (χ3n) is 6.09. The fourth-order valence-electron chi connectivity index (χ4n) is 4.30. The molecule has 1 unspecified atom stereocenters. The lowest BCUT2D eigenvalue weighted by molar-refractivity contribution is -0.122. The maximum atomic E-state index is 13.0. The van der Waals surface area contributed by atoms with Gasteiger partial charge in [0.05, 0.1) is 18.7 Å². The van der Waals surface area contributed by atoms with Crippen molar-refractivity contribution in [1.82, 2.24) is 4.90 Å². The van der Waals surface area contributed by atoms with E-state index in [4.69, 9.17) is 4.74 Å². The molecule has 2 aromatic rings. The Morgan fingerprint density at radius 2 is 1.81 bits per heavy atom. The Balaban J connectivity index is 1.48. The van der Waals surface area contributed by atoms with Crippen molar-refractivity contribution < 1.29 is 19.1 Å². The Morgan fingerprint density at radius 1 is 1.06 bits per heavy atom. The molecule has 7 heteroatoms. The van der Waals surface area contributed by atoms with E-state index in [1.54, 1.807) is 36.3 Å². The number of ether oxygens (including phenoxy) is 1. The summed E-state index contributed by atoms with van der Waals surface area (Å²) in [6.45, 7) is 3.69. The largest absolute Gasteiger partial charge is 0.495 e. The van der Waals surface area contributed by atoms with Crippen LogP contribution in [0.25, 0.3) is 0 Å². The topological polar surface area (TPSA) is 79.0 Å². The standard InChI is InChI=1S/C24H27N3O4/c1-16-18(24(30)26-12-5-6-13-26)8-7-9-19(16)25-23(29)17-14-22(28)27(15-17)20-10-3-4-11-21(20)31-2/h3-4,7-11,17H,5-6,12-15H2,1-2H3,(H,25,29). The molecule has 3 amide bonds. The molecule has 0 aliphatic carbocycles. The molecule has 0 bridgehead atoms. The summed E-state index contributed by atoms with van der Waals surface area (Å²) in [6.07, 6.45) is 2.19. The summed E-state index contributed by atoms with van der Waals surface area (Å²) in [5, 5.41) is 2.94. The fourth-order valence-corrected chi connectivity index (χ4v) is 4.30. The smallest absolute Gasteiger partial charge is 0.254 e. The summed E-state index contributed by atoms with van der Waals surface area (Å²) in [4.78, 5) is 41.8. The van der Waals surface area contributed by atoms with Crippen molar-refractivity contribution in [3.8, 4) is 5.75 Å². The molecule has 162 valence electrons. The maximum absolute atomic E-state index is 13.0. The van der Waals surface area contributed by atoms with Crippen LogP contribution in [0.3, 0.4) is 0 Å². The number of amides is 3. The number of carbonyl (C=O) groups excluding carboxylic acids is 3. The zero-order valence-corrected chi connectivity index (χ0v) is 17.9. The van der Waals surface area contributed by atoms with E-state index in [0.29, 0.717) is 22.7 Å². The first-order chi connectivity index (χ1) is 15.0. The number of hydrogen-bond acceptors (Lipinski definition) is 4. The molecular weight excluding hydrogens is 394 g/mol. The number of nitrogens with zero attached hydrogens (tertiary/aromatic N) is 2. The molecule has 7 nitrogen and oxygen atoms in total. The Hall–Kier alpha value is -3.35. The highest BCUT2D eigenvalue weighted by Crippen LogP contribution is 2.33. The summed E-state index contributed by atoms with van der Waals surface area (Å²) in [5.41, 5.74) is 2.63. The van der Waals surface area contributed by atoms with Crippen molar-refractivity contribution in [2.24, 2.45) is 5.92 Å². The summed E-state index contributed by atoms with van der Waals surface area (Å²) in [7, 11) is 1.56. The maximum Gasteiger partial charge on any atom is 0.254 e. The van der Waals surface area contributed by atoms with Crippen molar-refractivity contribution in [1.29, 1.82) is 0 Å². The minimum Gasteiger partial charge on any atom is -0.495 e. The second-order valence-electron chi connectivity index (χ2n) is 8.04. The van der Waals surface area contributed by atoms with Gasteiger partial charge in [0.2, 0.25) is 11.8 Å². The van der Waals surface area contributed by atoms with Crippen LogP contribution in [0.15, 0.2) is 42.5 Å². The highest BCUT2D eigenvalue weighted by Gasteiger charge is 2.36. The van der Waals surface area contributed by atoms with Crippen LogP contribution < -0.4 is 15.0 Å². The summed E-state index contributed by atoms with van der Waals surface area (Å²) < 4.78 is 5.36. The number of hydrogen-bond donors (Lipinski definition) is 1. The van der Waals surface area contributed by atoms with Gasteiger partial charge in [0.15, 0.2) is 0 Å². The van der Waals surface area contributed by atoms with Crippen molar-refractivity contribution in [3.05, 3.63) is 53.6 Å². The molecule has 0 saturated carbocycles. The van der Waals surface area contributed by atoms with Gasteiger partial charge in [-0.15, -0.1) is 0 Å². The van der Waals surface area contributed by atoms with Gasteiger partial charge in [-0.25, -0.2) is 0 Å². The van der Waals surface area contributed by atoms with E-state index in [1.165, 1.54) is 0 Å². The van der Waals surface area contributed by atoms with Gasteiger partial charge < -0.3 is 19.9 Å². The van der Waals surface area contributed by atoms with Crippen molar-refractivity contribution >= 4 is 29.1 Å². The third kappa shape index (κ3) is 4.13. The summed E-state index contributed by atoms with van der Waals surface area (Å²) in [6, 6.07) is 12.7. The number of para-hydroxylation sites is 2. The number of carbonyl (C=O) groups is 3. The van der Waals surface area contributed by atoms with Gasteiger partial charge in [-0.1, -0.05) is 18.2 Å². The van der Waals surface area contributed by atoms with Gasteiger partial charge >= 0.3 is 0 Å². The van der Waals surface area contributed by atoms with E-state index in [-0.39, 0.29) is 30.7 Å². The molecule has 31 heavy (non-hydrogen) atoms. The molecule has 4 rings (SSSR count). The van der Waals surface area contributed by atoms with E-state index in [0.717, 1.165) is 31.5 Å². The Labute approximate surface area is 182 Å². The van der Waals surface area contributed by atoms with Crippen LogP contribution in [-0.2, 0) is 9.59 Å². The van der Waals surface area contributed by atoms with Crippen LogP contribution in [0.1, 0.15) is 35.2 Å². The predicted molar refractivity (Wildman–Crippen MR) is 118 cm³/mol. The molecule has 1 N–H and O–H groups in total. The molecule has 0 aromatic heterocycles. The molecule has 2 fully saturated rings. The summed E-state index contributed by atoms with van der Waals surface area (Å²) >= 11 is 0. The average Bonchev–Trinajstić information content (AvgIpc) is 3.45. The van der Waals surface area contributed by atoms with Gasteiger partial charge in [0, 0.05) is 37.3 Å². The Bertz CT molecular complexity index is 1010. The van der Waals surface area contributed by atoms with E-state index < -0.39 is 5.92 Å². The number of methoxy groups -OCH3 is 1. The third-order valence-corrected chi connectivity index (χ3v) is 6.09. The lowest BCUT2D eigenvalue weighted by atomic mass is 10.0. The molecular formula is C24H27N3O4. The van der Waals surface area contributed by atoms with Gasteiger partial charge in [0.1, 0.15) is 5.75 Å². The first-order valence-corrected chi connectivity index (χ1v) is 10.6.